The Bertz CT molecular complexity index is 312. The van der Waals surface area contributed by atoms with Gasteiger partial charge in [-0.1, -0.05) is 0 Å². The summed E-state index contributed by atoms with van der Waals surface area (Å²) in [6, 6.07) is 2.82. The van der Waals surface area contributed by atoms with Crippen LogP contribution in [0.5, 0.6) is 5.75 Å². The Balaban J connectivity index is 2.92. The van der Waals surface area contributed by atoms with Gasteiger partial charge >= 0.3 is 6.61 Å². The van der Waals surface area contributed by atoms with Crippen LogP contribution < -0.4 is 4.74 Å². The predicted molar refractivity (Wildman–Crippen MR) is 38.4 cm³/mol. The fourth-order valence-electron chi connectivity index (χ4n) is 0.788. The van der Waals surface area contributed by atoms with E-state index in [4.69, 9.17) is 0 Å². The van der Waals surface area contributed by atoms with Gasteiger partial charge in [0.15, 0.2) is 6.29 Å². The zero-order chi connectivity index (χ0) is 9.84. The highest BCUT2D eigenvalue weighted by atomic mass is 19.3. The molecule has 13 heavy (non-hydrogen) atoms. The molecule has 0 aromatic heterocycles. The molecular formula is C8H5F3O2. The van der Waals surface area contributed by atoms with Crippen molar-refractivity contribution in [3.05, 3.63) is 29.6 Å². The fraction of sp³-hybridized carbons (Fsp3) is 0.125. The maximum absolute atomic E-state index is 12.6. The third-order valence-corrected chi connectivity index (χ3v) is 1.32. The maximum atomic E-state index is 12.6. The van der Waals surface area contributed by atoms with E-state index in [0.717, 1.165) is 18.2 Å². The normalized spacial score (nSPS) is 10.2. The summed E-state index contributed by atoms with van der Waals surface area (Å²) in [7, 11) is 0. The van der Waals surface area contributed by atoms with Gasteiger partial charge in [0.05, 0.1) is 5.56 Å². The summed E-state index contributed by atoms with van der Waals surface area (Å²) in [6.07, 6.45) is 0.230. The van der Waals surface area contributed by atoms with Gasteiger partial charge in [-0.05, 0) is 18.2 Å². The van der Waals surface area contributed by atoms with Gasteiger partial charge in [0.1, 0.15) is 11.6 Å². The lowest BCUT2D eigenvalue weighted by Crippen LogP contribution is -2.02. The molecule has 1 aromatic carbocycles. The average Bonchev–Trinajstić information content (AvgIpc) is 2.07. The van der Waals surface area contributed by atoms with Crippen molar-refractivity contribution >= 4 is 6.29 Å². The molecule has 0 aliphatic heterocycles. The zero-order valence-electron chi connectivity index (χ0n) is 6.34. The highest BCUT2D eigenvalue weighted by Gasteiger charge is 2.07. The number of ether oxygens (including phenoxy) is 1. The van der Waals surface area contributed by atoms with Crippen molar-refractivity contribution in [2.75, 3.05) is 0 Å². The summed E-state index contributed by atoms with van der Waals surface area (Å²) >= 11 is 0. The number of hydrogen-bond acceptors (Lipinski definition) is 2. The summed E-state index contributed by atoms with van der Waals surface area (Å²) < 4.78 is 39.9. The van der Waals surface area contributed by atoms with Crippen LogP contribution >= 0.6 is 0 Å². The van der Waals surface area contributed by atoms with Crippen LogP contribution in [0.25, 0.3) is 0 Å². The molecule has 0 N–H and O–H groups in total. The van der Waals surface area contributed by atoms with E-state index in [2.05, 4.69) is 4.74 Å². The molecule has 0 fully saturated rings. The molecule has 0 saturated carbocycles. The van der Waals surface area contributed by atoms with E-state index in [1.807, 2.05) is 0 Å². The first kappa shape index (κ1) is 9.57. The van der Waals surface area contributed by atoms with Crippen LogP contribution in [-0.2, 0) is 0 Å². The minimum Gasteiger partial charge on any atom is -0.435 e. The third kappa shape index (κ3) is 2.47. The van der Waals surface area contributed by atoms with Crippen molar-refractivity contribution in [2.24, 2.45) is 0 Å². The molecule has 0 saturated heterocycles. The molecule has 70 valence electrons. The fourth-order valence-corrected chi connectivity index (χ4v) is 0.788. The summed E-state index contributed by atoms with van der Waals surface area (Å²) in [5, 5.41) is 0. The number of rotatable bonds is 3. The lowest BCUT2D eigenvalue weighted by atomic mass is 10.2. The first-order valence-corrected chi connectivity index (χ1v) is 3.33. The predicted octanol–water partition coefficient (Wildman–Crippen LogP) is 2.24. The van der Waals surface area contributed by atoms with E-state index in [0.29, 0.717) is 0 Å². The van der Waals surface area contributed by atoms with Gasteiger partial charge < -0.3 is 4.74 Å². The third-order valence-electron chi connectivity index (χ3n) is 1.32. The molecule has 0 unspecified atom stereocenters. The summed E-state index contributed by atoms with van der Waals surface area (Å²) in [4.78, 5) is 10.2. The maximum Gasteiger partial charge on any atom is 0.387 e. The Hall–Kier alpha value is -1.52. The first-order valence-electron chi connectivity index (χ1n) is 3.33. The van der Waals surface area contributed by atoms with E-state index in [1.165, 1.54) is 0 Å². The van der Waals surface area contributed by atoms with Gasteiger partial charge in [-0.3, -0.25) is 4.79 Å². The van der Waals surface area contributed by atoms with Crippen LogP contribution in [0.4, 0.5) is 13.2 Å². The van der Waals surface area contributed by atoms with Crippen molar-refractivity contribution in [2.45, 2.75) is 6.61 Å². The number of carbonyl (C=O) groups excluding carboxylic acids is 1. The van der Waals surface area contributed by atoms with Crippen LogP contribution in [0.1, 0.15) is 10.4 Å². The molecule has 0 aliphatic rings. The van der Waals surface area contributed by atoms with Crippen LogP contribution in [0.2, 0.25) is 0 Å². The van der Waals surface area contributed by atoms with Crippen molar-refractivity contribution in [1.82, 2.24) is 0 Å². The summed E-state index contributed by atoms with van der Waals surface area (Å²) in [6.45, 7) is -2.98. The molecule has 0 bridgehead atoms. The number of benzene rings is 1. The Morgan fingerprint density at radius 3 is 2.62 bits per heavy atom. The van der Waals surface area contributed by atoms with Crippen molar-refractivity contribution in [3.63, 3.8) is 0 Å². The molecule has 1 aromatic rings. The van der Waals surface area contributed by atoms with Crippen LogP contribution in [0, 0.1) is 5.82 Å². The molecule has 0 heterocycles. The minimum absolute atomic E-state index is 0.230. The largest absolute Gasteiger partial charge is 0.435 e. The molecule has 0 atom stereocenters. The topological polar surface area (TPSA) is 26.3 Å². The second-order valence-corrected chi connectivity index (χ2v) is 2.18. The number of halogens is 3. The second-order valence-electron chi connectivity index (χ2n) is 2.18. The monoisotopic (exact) mass is 190 g/mol. The number of aldehydes is 1. The first-order chi connectivity index (χ1) is 6.13. The van der Waals surface area contributed by atoms with E-state index in [-0.39, 0.29) is 17.6 Å². The van der Waals surface area contributed by atoms with Gasteiger partial charge in [-0.25, -0.2) is 4.39 Å². The van der Waals surface area contributed by atoms with Gasteiger partial charge in [0.2, 0.25) is 0 Å². The Labute approximate surface area is 71.9 Å². The Kier molecular flexibility index (Phi) is 2.89. The second kappa shape index (κ2) is 3.93. The molecule has 5 heteroatoms. The lowest BCUT2D eigenvalue weighted by molar-refractivity contribution is -0.0499. The SMILES string of the molecule is O=Cc1cc(OC(F)F)ccc1F. The van der Waals surface area contributed by atoms with Crippen molar-refractivity contribution < 1.29 is 22.7 Å². The van der Waals surface area contributed by atoms with Crippen molar-refractivity contribution in [1.29, 1.82) is 0 Å². The molecule has 0 amide bonds. The van der Waals surface area contributed by atoms with E-state index in [9.17, 15) is 18.0 Å². The Morgan fingerprint density at radius 2 is 2.08 bits per heavy atom. The van der Waals surface area contributed by atoms with Crippen molar-refractivity contribution in [3.8, 4) is 5.75 Å². The highest BCUT2D eigenvalue weighted by Crippen LogP contribution is 2.17. The average molecular weight is 190 g/mol. The van der Waals surface area contributed by atoms with Crippen LogP contribution in [0.3, 0.4) is 0 Å². The highest BCUT2D eigenvalue weighted by molar-refractivity contribution is 5.75. The zero-order valence-corrected chi connectivity index (χ0v) is 6.34. The van der Waals surface area contributed by atoms with E-state index in [1.54, 1.807) is 0 Å². The molecule has 0 spiro atoms. The molecular weight excluding hydrogens is 185 g/mol. The minimum atomic E-state index is -2.98. The Morgan fingerprint density at radius 1 is 1.38 bits per heavy atom. The van der Waals surface area contributed by atoms with Crippen LogP contribution in [-0.4, -0.2) is 12.9 Å². The van der Waals surface area contributed by atoms with E-state index >= 15 is 0 Å². The lowest BCUT2D eigenvalue weighted by Gasteiger charge is -2.04. The number of alkyl halides is 2. The van der Waals surface area contributed by atoms with Gasteiger partial charge in [0.25, 0.3) is 0 Å². The summed E-state index contributed by atoms with van der Waals surface area (Å²) in [5.41, 5.74) is -0.307. The smallest absolute Gasteiger partial charge is 0.387 e. The van der Waals surface area contributed by atoms with E-state index < -0.39 is 12.4 Å². The molecule has 2 nitrogen and oxygen atoms in total. The molecule has 1 rings (SSSR count). The number of hydrogen-bond donors (Lipinski definition) is 0. The molecule has 0 aliphatic carbocycles. The standard InChI is InChI=1S/C8H5F3O2/c9-7-2-1-6(13-8(10)11)3-5(7)4-12/h1-4,8H. The van der Waals surface area contributed by atoms with Gasteiger partial charge in [0, 0.05) is 0 Å². The molecule has 0 radical (unpaired) electrons. The van der Waals surface area contributed by atoms with Crippen LogP contribution in [0.15, 0.2) is 18.2 Å². The van der Waals surface area contributed by atoms with Gasteiger partial charge in [-0.2, -0.15) is 8.78 Å². The summed E-state index contributed by atoms with van der Waals surface area (Å²) in [5.74, 6) is -1.00. The van der Waals surface area contributed by atoms with Gasteiger partial charge in [-0.15, -0.1) is 0 Å². The number of carbonyl (C=O) groups is 1. The quantitative estimate of drug-likeness (QED) is 0.683.